The standard InChI is InChI=1S/C23H16Cl2F4N2OS/c1-2-33-13-8-7-12(16(26)10-13)9-19-30-17-11-15(24)20(21(25)22(17)31-19)14-5-3-4-6-18(14)32-23(27,28)29/h3-8,10-11H,2,9H2,1H3,(H,30,31). The molecule has 1 heterocycles. The summed E-state index contributed by atoms with van der Waals surface area (Å²) in [5, 5.41) is 0.182. The Bertz CT molecular complexity index is 1320. The number of alkyl halides is 3. The Morgan fingerprint density at radius 2 is 1.85 bits per heavy atom. The van der Waals surface area contributed by atoms with Gasteiger partial charge in [0, 0.05) is 22.4 Å². The van der Waals surface area contributed by atoms with Crippen LogP contribution in [0.2, 0.25) is 10.0 Å². The first kappa shape index (κ1) is 23.7. The second-order valence-corrected chi connectivity index (χ2v) is 9.16. The molecule has 3 aromatic carbocycles. The number of imidazole rings is 1. The van der Waals surface area contributed by atoms with Crippen molar-refractivity contribution >= 4 is 46.0 Å². The highest BCUT2D eigenvalue weighted by molar-refractivity contribution is 7.99. The first-order valence-corrected chi connectivity index (χ1v) is 11.5. The zero-order chi connectivity index (χ0) is 23.8. The molecule has 33 heavy (non-hydrogen) atoms. The molecule has 0 bridgehead atoms. The van der Waals surface area contributed by atoms with Crippen LogP contribution in [-0.4, -0.2) is 22.1 Å². The number of nitrogens with one attached hydrogen (secondary N) is 1. The molecule has 3 nitrogen and oxygen atoms in total. The number of hydrogen-bond donors (Lipinski definition) is 1. The van der Waals surface area contributed by atoms with E-state index in [1.54, 1.807) is 12.1 Å². The summed E-state index contributed by atoms with van der Waals surface area (Å²) < 4.78 is 57.3. The van der Waals surface area contributed by atoms with E-state index >= 15 is 0 Å². The quantitative estimate of drug-likeness (QED) is 0.208. The average molecular weight is 515 g/mol. The summed E-state index contributed by atoms with van der Waals surface area (Å²) in [4.78, 5) is 8.35. The van der Waals surface area contributed by atoms with Crippen LogP contribution in [0.5, 0.6) is 5.75 Å². The number of hydrogen-bond acceptors (Lipinski definition) is 3. The molecular weight excluding hydrogens is 499 g/mol. The molecule has 10 heteroatoms. The van der Waals surface area contributed by atoms with Crippen LogP contribution in [0.1, 0.15) is 18.3 Å². The monoisotopic (exact) mass is 514 g/mol. The van der Waals surface area contributed by atoms with E-state index in [1.165, 1.54) is 42.1 Å². The summed E-state index contributed by atoms with van der Waals surface area (Å²) in [6.07, 6.45) is -4.71. The van der Waals surface area contributed by atoms with Crippen molar-refractivity contribution < 1.29 is 22.3 Å². The number of fused-ring (bicyclic) bond motifs is 1. The number of benzene rings is 3. The summed E-state index contributed by atoms with van der Waals surface area (Å²) in [5.74, 6) is 0.490. The van der Waals surface area contributed by atoms with Crippen LogP contribution in [0.4, 0.5) is 17.6 Å². The fourth-order valence-electron chi connectivity index (χ4n) is 3.46. The van der Waals surface area contributed by atoms with Crippen LogP contribution in [0.25, 0.3) is 22.2 Å². The molecular formula is C23H16Cl2F4N2OS. The third-order valence-corrected chi connectivity index (χ3v) is 6.34. The van der Waals surface area contributed by atoms with Gasteiger partial charge in [-0.3, -0.25) is 0 Å². The zero-order valence-electron chi connectivity index (χ0n) is 17.1. The van der Waals surface area contributed by atoms with Crippen molar-refractivity contribution in [2.24, 2.45) is 0 Å². The molecule has 0 amide bonds. The second-order valence-electron chi connectivity index (χ2n) is 7.03. The van der Waals surface area contributed by atoms with E-state index in [0.29, 0.717) is 22.4 Å². The van der Waals surface area contributed by atoms with E-state index in [0.717, 1.165) is 10.6 Å². The van der Waals surface area contributed by atoms with E-state index in [-0.39, 0.29) is 33.4 Å². The Kier molecular flexibility index (Phi) is 6.79. The maximum atomic E-state index is 14.5. The Morgan fingerprint density at radius 3 is 2.55 bits per heavy atom. The van der Waals surface area contributed by atoms with Gasteiger partial charge < -0.3 is 9.72 Å². The fraction of sp³-hybridized carbons (Fsp3) is 0.174. The van der Waals surface area contributed by atoms with Gasteiger partial charge in [-0.15, -0.1) is 24.9 Å². The van der Waals surface area contributed by atoms with Gasteiger partial charge in [0.05, 0.1) is 15.6 Å². The largest absolute Gasteiger partial charge is 0.573 e. The molecule has 0 radical (unpaired) electrons. The van der Waals surface area contributed by atoms with Gasteiger partial charge in [0.2, 0.25) is 0 Å². The number of para-hydroxylation sites is 1. The van der Waals surface area contributed by atoms with Gasteiger partial charge in [-0.05, 0) is 35.6 Å². The minimum atomic E-state index is -4.88. The fourth-order valence-corrected chi connectivity index (χ4v) is 4.84. The number of aromatic amines is 1. The predicted molar refractivity (Wildman–Crippen MR) is 124 cm³/mol. The summed E-state index contributed by atoms with van der Waals surface area (Å²) in [6.45, 7) is 1.99. The molecule has 0 saturated carbocycles. The molecule has 0 aliphatic rings. The lowest BCUT2D eigenvalue weighted by Gasteiger charge is -2.15. The lowest BCUT2D eigenvalue weighted by molar-refractivity contribution is -0.274. The predicted octanol–water partition coefficient (Wildman–Crippen LogP) is 8.28. The van der Waals surface area contributed by atoms with E-state index in [2.05, 4.69) is 14.7 Å². The molecule has 0 atom stereocenters. The number of nitrogens with zero attached hydrogens (tertiary/aromatic N) is 1. The molecule has 1 N–H and O–H groups in total. The molecule has 0 aliphatic carbocycles. The Morgan fingerprint density at radius 1 is 1.09 bits per heavy atom. The number of ether oxygens (including phenoxy) is 1. The van der Waals surface area contributed by atoms with Crippen molar-refractivity contribution in [3.8, 4) is 16.9 Å². The van der Waals surface area contributed by atoms with Gasteiger partial charge >= 0.3 is 6.36 Å². The molecule has 0 aliphatic heterocycles. The van der Waals surface area contributed by atoms with Crippen LogP contribution in [0.3, 0.4) is 0 Å². The SMILES string of the molecule is CCSc1ccc(Cc2nc3c(Cl)c(-c4ccccc4OC(F)(F)F)c(Cl)cc3[nH]2)c(F)c1. The third-order valence-electron chi connectivity index (χ3n) is 4.79. The molecule has 0 unspecified atom stereocenters. The van der Waals surface area contributed by atoms with Crippen LogP contribution < -0.4 is 4.74 Å². The highest BCUT2D eigenvalue weighted by Gasteiger charge is 2.33. The van der Waals surface area contributed by atoms with Crippen LogP contribution in [0.15, 0.2) is 53.4 Å². The topological polar surface area (TPSA) is 37.9 Å². The Hall–Kier alpha value is -2.42. The Balaban J connectivity index is 1.74. The van der Waals surface area contributed by atoms with E-state index in [9.17, 15) is 17.6 Å². The van der Waals surface area contributed by atoms with Crippen LogP contribution in [-0.2, 0) is 6.42 Å². The van der Waals surface area contributed by atoms with Gasteiger partial charge in [0.1, 0.15) is 22.9 Å². The first-order valence-electron chi connectivity index (χ1n) is 9.79. The van der Waals surface area contributed by atoms with Crippen molar-refractivity contribution in [1.82, 2.24) is 9.97 Å². The molecule has 4 rings (SSSR count). The molecule has 1 aromatic heterocycles. The normalized spacial score (nSPS) is 11.8. The van der Waals surface area contributed by atoms with Crippen molar-refractivity contribution in [3.63, 3.8) is 0 Å². The van der Waals surface area contributed by atoms with Crippen molar-refractivity contribution in [1.29, 1.82) is 0 Å². The number of halogens is 6. The van der Waals surface area contributed by atoms with Gasteiger partial charge in [-0.2, -0.15) is 0 Å². The summed E-state index contributed by atoms with van der Waals surface area (Å²) >= 11 is 14.5. The molecule has 0 spiro atoms. The van der Waals surface area contributed by atoms with Gasteiger partial charge in [-0.1, -0.05) is 54.4 Å². The maximum Gasteiger partial charge on any atom is 0.573 e. The lowest BCUT2D eigenvalue weighted by Crippen LogP contribution is -2.17. The number of thioether (sulfide) groups is 1. The third kappa shape index (κ3) is 5.23. The van der Waals surface area contributed by atoms with Crippen LogP contribution >= 0.6 is 35.0 Å². The number of aromatic nitrogens is 2. The lowest BCUT2D eigenvalue weighted by atomic mass is 10.0. The second kappa shape index (κ2) is 9.44. The van der Waals surface area contributed by atoms with E-state index in [1.807, 2.05) is 13.0 Å². The van der Waals surface area contributed by atoms with Gasteiger partial charge in [-0.25, -0.2) is 9.37 Å². The molecule has 0 fully saturated rings. The van der Waals surface area contributed by atoms with Crippen molar-refractivity contribution in [3.05, 3.63) is 75.8 Å². The summed E-state index contributed by atoms with van der Waals surface area (Å²) in [7, 11) is 0. The average Bonchev–Trinajstić information content (AvgIpc) is 3.13. The van der Waals surface area contributed by atoms with E-state index < -0.39 is 12.1 Å². The minimum Gasteiger partial charge on any atom is -0.405 e. The number of rotatable bonds is 6. The van der Waals surface area contributed by atoms with E-state index in [4.69, 9.17) is 23.2 Å². The molecule has 0 saturated heterocycles. The van der Waals surface area contributed by atoms with Gasteiger partial charge in [0.15, 0.2) is 0 Å². The molecule has 172 valence electrons. The summed E-state index contributed by atoms with van der Waals surface area (Å²) in [6, 6.07) is 12.1. The molecule has 4 aromatic rings. The van der Waals surface area contributed by atoms with Crippen molar-refractivity contribution in [2.75, 3.05) is 5.75 Å². The zero-order valence-corrected chi connectivity index (χ0v) is 19.4. The number of H-pyrrole nitrogens is 1. The minimum absolute atomic E-state index is 0.0633. The highest BCUT2D eigenvalue weighted by atomic mass is 35.5. The summed E-state index contributed by atoms with van der Waals surface area (Å²) in [5.41, 5.74) is 1.48. The highest BCUT2D eigenvalue weighted by Crippen LogP contribution is 2.44. The van der Waals surface area contributed by atoms with Crippen molar-refractivity contribution in [2.45, 2.75) is 24.6 Å². The Labute approximate surface area is 201 Å². The maximum absolute atomic E-state index is 14.5. The first-order chi connectivity index (χ1) is 15.7. The smallest absolute Gasteiger partial charge is 0.405 e. The van der Waals surface area contributed by atoms with Gasteiger partial charge in [0.25, 0.3) is 0 Å². The van der Waals surface area contributed by atoms with Crippen LogP contribution in [0, 0.1) is 5.82 Å².